The monoisotopic (exact) mass is 277 g/mol. The highest BCUT2D eigenvalue weighted by Gasteiger charge is 2.17. The van der Waals surface area contributed by atoms with Crippen molar-refractivity contribution in [2.75, 3.05) is 6.61 Å². The van der Waals surface area contributed by atoms with Gasteiger partial charge in [-0.3, -0.25) is 4.98 Å². The average molecular weight is 277 g/mol. The molecule has 104 valence electrons. The molecule has 0 aliphatic heterocycles. The molecule has 3 heteroatoms. The minimum atomic E-state index is -0.497. The largest absolute Gasteiger partial charge is 0.462 e. The van der Waals surface area contributed by atoms with Gasteiger partial charge < -0.3 is 4.74 Å². The molecule has 0 N–H and O–H groups in total. The molecule has 0 amide bonds. The second-order valence-corrected chi connectivity index (χ2v) is 4.22. The number of terminal acetylenes is 1. The summed E-state index contributed by atoms with van der Waals surface area (Å²) in [7, 11) is 0. The summed E-state index contributed by atoms with van der Waals surface area (Å²) < 4.78 is 5.06. The van der Waals surface area contributed by atoms with E-state index in [9.17, 15) is 4.79 Å². The van der Waals surface area contributed by atoms with Gasteiger partial charge in [0.15, 0.2) is 0 Å². The van der Waals surface area contributed by atoms with Crippen LogP contribution < -0.4 is 0 Å². The van der Waals surface area contributed by atoms with Crippen LogP contribution in [0.15, 0.2) is 60.4 Å². The first-order valence-electron chi connectivity index (χ1n) is 6.61. The minimum absolute atomic E-state index is 0.205. The third kappa shape index (κ3) is 3.37. The standard InChI is InChI=1S/C18H15NO2/c1-3-16(18(20)21-4-2)17(14-9-6-5-7-10-14)15-11-8-12-19-13-15/h1,5-13H,4H2,2H3/b17-16-. The van der Waals surface area contributed by atoms with Gasteiger partial charge in [0.25, 0.3) is 0 Å². The van der Waals surface area contributed by atoms with Crippen molar-refractivity contribution in [3.63, 3.8) is 0 Å². The van der Waals surface area contributed by atoms with Crippen molar-refractivity contribution < 1.29 is 9.53 Å². The summed E-state index contributed by atoms with van der Waals surface area (Å²) in [6.45, 7) is 2.03. The molecule has 21 heavy (non-hydrogen) atoms. The van der Waals surface area contributed by atoms with Crippen LogP contribution in [-0.2, 0) is 9.53 Å². The second kappa shape index (κ2) is 7.06. The van der Waals surface area contributed by atoms with Crippen molar-refractivity contribution >= 4 is 11.5 Å². The van der Waals surface area contributed by atoms with Gasteiger partial charge in [-0.25, -0.2) is 4.79 Å². The zero-order valence-electron chi connectivity index (χ0n) is 11.7. The van der Waals surface area contributed by atoms with Crippen LogP contribution in [0.5, 0.6) is 0 Å². The summed E-state index contributed by atoms with van der Waals surface area (Å²) in [6, 6.07) is 13.2. The van der Waals surface area contributed by atoms with E-state index in [0.717, 1.165) is 11.1 Å². The zero-order valence-corrected chi connectivity index (χ0v) is 11.7. The first kappa shape index (κ1) is 14.5. The third-order valence-electron chi connectivity index (χ3n) is 2.89. The fraction of sp³-hybridized carbons (Fsp3) is 0.111. The Hall–Kier alpha value is -2.86. The van der Waals surface area contributed by atoms with Gasteiger partial charge in [0, 0.05) is 23.5 Å². The molecule has 0 aliphatic rings. The van der Waals surface area contributed by atoms with Crippen molar-refractivity contribution in [1.82, 2.24) is 4.98 Å². The lowest BCUT2D eigenvalue weighted by Crippen LogP contribution is -2.09. The van der Waals surface area contributed by atoms with Crippen molar-refractivity contribution in [2.45, 2.75) is 6.92 Å². The first-order chi connectivity index (χ1) is 10.3. The number of hydrogen-bond acceptors (Lipinski definition) is 3. The molecule has 0 unspecified atom stereocenters. The van der Waals surface area contributed by atoms with Gasteiger partial charge in [-0.05, 0) is 18.6 Å². The van der Waals surface area contributed by atoms with Crippen molar-refractivity contribution in [3.8, 4) is 12.3 Å². The lowest BCUT2D eigenvalue weighted by molar-refractivity contribution is -0.137. The molecular weight excluding hydrogens is 262 g/mol. The Balaban J connectivity index is 2.66. The van der Waals surface area contributed by atoms with E-state index in [0.29, 0.717) is 5.57 Å². The van der Waals surface area contributed by atoms with Gasteiger partial charge >= 0.3 is 5.97 Å². The van der Waals surface area contributed by atoms with Gasteiger partial charge in [0.1, 0.15) is 5.57 Å². The Morgan fingerprint density at radius 3 is 2.48 bits per heavy atom. The Kier molecular flexibility index (Phi) is 4.89. The van der Waals surface area contributed by atoms with Crippen LogP contribution in [-0.4, -0.2) is 17.6 Å². The second-order valence-electron chi connectivity index (χ2n) is 4.22. The van der Waals surface area contributed by atoms with Gasteiger partial charge in [-0.15, -0.1) is 6.42 Å². The highest BCUT2D eigenvalue weighted by atomic mass is 16.5. The molecule has 1 aromatic heterocycles. The van der Waals surface area contributed by atoms with Gasteiger partial charge in [-0.1, -0.05) is 42.3 Å². The Bertz CT molecular complexity index is 641. The maximum atomic E-state index is 12.1. The highest BCUT2D eigenvalue weighted by molar-refractivity contribution is 6.05. The summed E-state index contributed by atoms with van der Waals surface area (Å²) in [4.78, 5) is 16.2. The van der Waals surface area contributed by atoms with Crippen molar-refractivity contribution in [1.29, 1.82) is 0 Å². The molecule has 0 aliphatic carbocycles. The Labute approximate surface area is 124 Å². The molecule has 3 nitrogen and oxygen atoms in total. The van der Waals surface area contributed by atoms with Gasteiger partial charge in [-0.2, -0.15) is 0 Å². The third-order valence-corrected chi connectivity index (χ3v) is 2.89. The van der Waals surface area contributed by atoms with Crippen LogP contribution in [0, 0.1) is 12.3 Å². The molecule has 2 rings (SSSR count). The average Bonchev–Trinajstić information content (AvgIpc) is 2.54. The SMILES string of the molecule is C#C/C(C(=O)OCC)=C(\c1ccccc1)c1cccnc1. The van der Waals surface area contributed by atoms with E-state index in [-0.39, 0.29) is 12.2 Å². The van der Waals surface area contributed by atoms with E-state index in [2.05, 4.69) is 10.9 Å². The molecule has 1 heterocycles. The molecule has 1 aromatic carbocycles. The molecule has 0 saturated heterocycles. The van der Waals surface area contributed by atoms with Crippen LogP contribution >= 0.6 is 0 Å². The summed E-state index contributed by atoms with van der Waals surface area (Å²) in [5.41, 5.74) is 2.50. The molecule has 0 spiro atoms. The maximum absolute atomic E-state index is 12.1. The zero-order chi connectivity index (χ0) is 15.1. The molecule has 2 aromatic rings. The number of nitrogens with zero attached hydrogens (tertiary/aromatic N) is 1. The van der Waals surface area contributed by atoms with Crippen LogP contribution in [0.25, 0.3) is 5.57 Å². The Morgan fingerprint density at radius 2 is 1.90 bits per heavy atom. The summed E-state index contributed by atoms with van der Waals surface area (Å²) in [5, 5.41) is 0. The topological polar surface area (TPSA) is 39.2 Å². The number of hydrogen-bond donors (Lipinski definition) is 0. The number of pyridine rings is 1. The number of aromatic nitrogens is 1. The highest BCUT2D eigenvalue weighted by Crippen LogP contribution is 2.26. The van der Waals surface area contributed by atoms with E-state index in [1.807, 2.05) is 36.4 Å². The molecule has 0 saturated carbocycles. The van der Waals surface area contributed by atoms with Crippen LogP contribution in [0.1, 0.15) is 18.1 Å². The minimum Gasteiger partial charge on any atom is -0.462 e. The first-order valence-corrected chi connectivity index (χ1v) is 6.61. The molecule has 0 atom stereocenters. The summed E-state index contributed by atoms with van der Waals surface area (Å²) in [5.74, 6) is 1.96. The smallest absolute Gasteiger partial charge is 0.347 e. The predicted octanol–water partition coefficient (Wildman–Crippen LogP) is 3.08. The van der Waals surface area contributed by atoms with E-state index < -0.39 is 5.97 Å². The lowest BCUT2D eigenvalue weighted by Gasteiger charge is -2.11. The van der Waals surface area contributed by atoms with E-state index in [1.165, 1.54) is 0 Å². The number of carbonyl (C=O) groups is 1. The predicted molar refractivity (Wildman–Crippen MR) is 82.2 cm³/mol. The maximum Gasteiger partial charge on any atom is 0.347 e. The molecule has 0 fully saturated rings. The Morgan fingerprint density at radius 1 is 1.19 bits per heavy atom. The van der Waals surface area contributed by atoms with Crippen LogP contribution in [0.3, 0.4) is 0 Å². The van der Waals surface area contributed by atoms with E-state index >= 15 is 0 Å². The van der Waals surface area contributed by atoms with Crippen LogP contribution in [0.2, 0.25) is 0 Å². The summed E-state index contributed by atoms with van der Waals surface area (Å²) >= 11 is 0. The normalized spacial score (nSPS) is 11.2. The van der Waals surface area contributed by atoms with Crippen LogP contribution in [0.4, 0.5) is 0 Å². The molecular formula is C18H15NO2. The summed E-state index contributed by atoms with van der Waals surface area (Å²) in [6.07, 6.45) is 8.90. The quantitative estimate of drug-likeness (QED) is 0.490. The number of ether oxygens (including phenoxy) is 1. The fourth-order valence-electron chi connectivity index (χ4n) is 2.01. The molecule has 0 bridgehead atoms. The lowest BCUT2D eigenvalue weighted by atomic mass is 9.94. The van der Waals surface area contributed by atoms with Gasteiger partial charge in [0.2, 0.25) is 0 Å². The number of benzene rings is 1. The molecule has 0 radical (unpaired) electrons. The van der Waals surface area contributed by atoms with E-state index in [1.54, 1.807) is 25.4 Å². The number of carbonyl (C=O) groups excluding carboxylic acids is 1. The number of rotatable bonds is 4. The van der Waals surface area contributed by atoms with Crippen molar-refractivity contribution in [2.24, 2.45) is 0 Å². The van der Waals surface area contributed by atoms with Gasteiger partial charge in [0.05, 0.1) is 6.61 Å². The van der Waals surface area contributed by atoms with Crippen molar-refractivity contribution in [3.05, 3.63) is 71.6 Å². The van der Waals surface area contributed by atoms with E-state index in [4.69, 9.17) is 11.2 Å². The fourth-order valence-corrected chi connectivity index (χ4v) is 2.01. The number of esters is 1.